The van der Waals surface area contributed by atoms with Crippen molar-refractivity contribution < 1.29 is 0 Å². The normalized spacial score (nSPS) is 20.8. The van der Waals surface area contributed by atoms with Crippen LogP contribution >= 0.6 is 0 Å². The number of hydrogen-bond donors (Lipinski definition) is 0. The van der Waals surface area contributed by atoms with Crippen molar-refractivity contribution >= 4 is 0 Å². The minimum Gasteiger partial charge on any atom is -0.304 e. The zero-order valence-corrected chi connectivity index (χ0v) is 12.8. The van der Waals surface area contributed by atoms with Gasteiger partial charge in [0.15, 0.2) is 0 Å². The molecule has 1 rings (SSSR count). The van der Waals surface area contributed by atoms with Crippen molar-refractivity contribution in [3.05, 3.63) is 0 Å². The maximum atomic E-state index is 2.64. The van der Waals surface area contributed by atoms with Crippen LogP contribution in [0.5, 0.6) is 0 Å². The molecule has 0 spiro atoms. The molecule has 0 bridgehead atoms. The fourth-order valence-electron chi connectivity index (χ4n) is 3.09. The van der Waals surface area contributed by atoms with Gasteiger partial charge in [0.25, 0.3) is 0 Å². The van der Waals surface area contributed by atoms with Crippen LogP contribution in [-0.2, 0) is 0 Å². The van der Waals surface area contributed by atoms with Gasteiger partial charge >= 0.3 is 0 Å². The van der Waals surface area contributed by atoms with Crippen LogP contribution in [0.25, 0.3) is 0 Å². The van der Waals surface area contributed by atoms with E-state index in [9.17, 15) is 0 Å². The molecule has 1 aliphatic rings. The topological polar surface area (TPSA) is 6.48 Å². The molecular formula is C15H32N2. The summed E-state index contributed by atoms with van der Waals surface area (Å²) in [4.78, 5) is 5.07. The number of rotatable bonds is 5. The molecule has 1 fully saturated rings. The van der Waals surface area contributed by atoms with E-state index in [4.69, 9.17) is 0 Å². The van der Waals surface area contributed by atoms with Crippen LogP contribution in [0, 0.1) is 10.8 Å². The average molecular weight is 240 g/mol. The second-order valence-corrected chi connectivity index (χ2v) is 7.44. The van der Waals surface area contributed by atoms with Gasteiger partial charge in [0, 0.05) is 32.7 Å². The van der Waals surface area contributed by atoms with Crippen LogP contribution in [0.3, 0.4) is 0 Å². The molecule has 102 valence electrons. The molecule has 1 heterocycles. The highest BCUT2D eigenvalue weighted by Crippen LogP contribution is 2.36. The van der Waals surface area contributed by atoms with Gasteiger partial charge in [-0.05, 0) is 24.3 Å². The fraction of sp³-hybridized carbons (Fsp3) is 1.00. The van der Waals surface area contributed by atoms with Crippen LogP contribution < -0.4 is 0 Å². The lowest BCUT2D eigenvalue weighted by molar-refractivity contribution is 0.0832. The Morgan fingerprint density at radius 1 is 0.882 bits per heavy atom. The monoisotopic (exact) mass is 240 g/mol. The predicted molar refractivity (Wildman–Crippen MR) is 76.4 cm³/mol. The zero-order chi connectivity index (χ0) is 13.1. The molecule has 2 heteroatoms. The van der Waals surface area contributed by atoms with Crippen molar-refractivity contribution in [3.63, 3.8) is 0 Å². The van der Waals surface area contributed by atoms with Gasteiger partial charge in [-0.3, -0.25) is 0 Å². The Bertz CT molecular complexity index is 225. The standard InChI is InChI=1S/C15H32N2/c1-7-14(2,3)12-15(4,5)13-17-10-8-16(6)9-11-17/h7-13H2,1-6H3. The van der Waals surface area contributed by atoms with Crippen LogP contribution in [0.15, 0.2) is 0 Å². The largest absolute Gasteiger partial charge is 0.304 e. The Hall–Kier alpha value is -0.0800. The van der Waals surface area contributed by atoms with Crippen molar-refractivity contribution in [2.45, 2.75) is 47.5 Å². The van der Waals surface area contributed by atoms with Crippen LogP contribution in [0.4, 0.5) is 0 Å². The molecular weight excluding hydrogens is 208 g/mol. The summed E-state index contributed by atoms with van der Waals surface area (Å²) < 4.78 is 0. The third-order valence-corrected chi connectivity index (χ3v) is 4.16. The molecule has 0 aromatic carbocycles. The van der Waals surface area contributed by atoms with E-state index < -0.39 is 0 Å². The van der Waals surface area contributed by atoms with E-state index in [1.807, 2.05) is 0 Å². The lowest BCUT2D eigenvalue weighted by atomic mass is 9.73. The van der Waals surface area contributed by atoms with Crippen LogP contribution in [-0.4, -0.2) is 49.6 Å². The Morgan fingerprint density at radius 2 is 1.41 bits per heavy atom. The highest BCUT2D eigenvalue weighted by atomic mass is 15.2. The summed E-state index contributed by atoms with van der Waals surface area (Å²) in [6.07, 6.45) is 2.60. The first-order chi connectivity index (χ1) is 7.74. The van der Waals surface area contributed by atoms with Crippen LogP contribution in [0.1, 0.15) is 47.5 Å². The van der Waals surface area contributed by atoms with Crippen molar-refractivity contribution in [1.82, 2.24) is 9.80 Å². The number of likely N-dealkylation sites (N-methyl/N-ethyl adjacent to an activating group) is 1. The summed E-state index contributed by atoms with van der Waals surface area (Å²) in [6, 6.07) is 0. The van der Waals surface area contributed by atoms with Crippen molar-refractivity contribution in [2.24, 2.45) is 10.8 Å². The maximum Gasteiger partial charge on any atom is 0.0110 e. The van der Waals surface area contributed by atoms with E-state index >= 15 is 0 Å². The highest BCUT2D eigenvalue weighted by Gasteiger charge is 2.30. The first-order valence-corrected chi connectivity index (χ1v) is 7.15. The second kappa shape index (κ2) is 5.71. The summed E-state index contributed by atoms with van der Waals surface area (Å²) in [5.74, 6) is 0. The Labute approximate surface area is 108 Å². The lowest BCUT2D eigenvalue weighted by Gasteiger charge is -2.41. The molecule has 0 atom stereocenters. The Balaban J connectivity index is 2.43. The summed E-state index contributed by atoms with van der Waals surface area (Å²) in [6.45, 7) is 18.2. The average Bonchev–Trinajstić information content (AvgIpc) is 2.20. The third-order valence-electron chi connectivity index (χ3n) is 4.16. The molecule has 0 aromatic heterocycles. The summed E-state index contributed by atoms with van der Waals surface area (Å²) >= 11 is 0. The van der Waals surface area contributed by atoms with E-state index in [-0.39, 0.29) is 0 Å². The molecule has 2 nitrogen and oxygen atoms in total. The van der Waals surface area contributed by atoms with Crippen LogP contribution in [0.2, 0.25) is 0 Å². The lowest BCUT2D eigenvalue weighted by Crippen LogP contribution is -2.48. The molecule has 0 radical (unpaired) electrons. The first-order valence-electron chi connectivity index (χ1n) is 7.15. The van der Waals surface area contributed by atoms with Gasteiger partial charge < -0.3 is 9.80 Å². The van der Waals surface area contributed by atoms with Gasteiger partial charge in [-0.15, -0.1) is 0 Å². The fourth-order valence-corrected chi connectivity index (χ4v) is 3.09. The molecule has 0 N–H and O–H groups in total. The van der Waals surface area contributed by atoms with Crippen molar-refractivity contribution in [2.75, 3.05) is 39.8 Å². The first kappa shape index (κ1) is 15.0. The molecule has 0 unspecified atom stereocenters. The smallest absolute Gasteiger partial charge is 0.0110 e. The van der Waals surface area contributed by atoms with E-state index in [1.165, 1.54) is 45.6 Å². The Kier molecular flexibility index (Phi) is 5.03. The van der Waals surface area contributed by atoms with E-state index in [1.54, 1.807) is 0 Å². The van der Waals surface area contributed by atoms with Gasteiger partial charge in [-0.2, -0.15) is 0 Å². The minimum absolute atomic E-state index is 0.440. The van der Waals surface area contributed by atoms with Gasteiger partial charge in [-0.25, -0.2) is 0 Å². The van der Waals surface area contributed by atoms with Crippen molar-refractivity contribution in [3.8, 4) is 0 Å². The number of piperazine rings is 1. The molecule has 0 amide bonds. The maximum absolute atomic E-state index is 2.64. The quantitative estimate of drug-likeness (QED) is 0.728. The predicted octanol–water partition coefficient (Wildman–Crippen LogP) is 3.09. The SMILES string of the molecule is CCC(C)(C)CC(C)(C)CN1CCN(C)CC1. The van der Waals surface area contributed by atoms with Gasteiger partial charge in [0.1, 0.15) is 0 Å². The van der Waals surface area contributed by atoms with Gasteiger partial charge in [0.05, 0.1) is 0 Å². The molecule has 0 saturated carbocycles. The highest BCUT2D eigenvalue weighted by molar-refractivity contribution is 4.82. The summed E-state index contributed by atoms with van der Waals surface area (Å²) in [7, 11) is 2.22. The molecule has 17 heavy (non-hydrogen) atoms. The Morgan fingerprint density at radius 3 is 1.88 bits per heavy atom. The minimum atomic E-state index is 0.440. The van der Waals surface area contributed by atoms with Gasteiger partial charge in [-0.1, -0.05) is 41.0 Å². The van der Waals surface area contributed by atoms with Crippen molar-refractivity contribution in [1.29, 1.82) is 0 Å². The number of hydrogen-bond acceptors (Lipinski definition) is 2. The third kappa shape index (κ3) is 5.39. The van der Waals surface area contributed by atoms with Gasteiger partial charge in [0.2, 0.25) is 0 Å². The zero-order valence-electron chi connectivity index (χ0n) is 12.8. The number of nitrogens with zero attached hydrogens (tertiary/aromatic N) is 2. The molecule has 1 saturated heterocycles. The van der Waals surface area contributed by atoms with E-state index in [0.29, 0.717) is 10.8 Å². The van der Waals surface area contributed by atoms with E-state index in [0.717, 1.165) is 0 Å². The summed E-state index contributed by atoms with van der Waals surface area (Å²) in [5, 5.41) is 0. The summed E-state index contributed by atoms with van der Waals surface area (Å²) in [5.41, 5.74) is 0.922. The molecule has 1 aliphatic heterocycles. The molecule has 0 aromatic rings. The molecule has 0 aliphatic carbocycles. The van der Waals surface area contributed by atoms with E-state index in [2.05, 4.69) is 51.5 Å². The second-order valence-electron chi connectivity index (χ2n) is 7.44.